The van der Waals surface area contributed by atoms with E-state index in [0.29, 0.717) is 0 Å². The maximum absolute atomic E-state index is 11.1. The van der Waals surface area contributed by atoms with Gasteiger partial charge in [-0.25, -0.2) is 0 Å². The van der Waals surface area contributed by atoms with Gasteiger partial charge in [0.25, 0.3) is 0 Å². The third-order valence-electron chi connectivity index (χ3n) is 2.25. The summed E-state index contributed by atoms with van der Waals surface area (Å²) in [7, 11) is -2.74. The molecule has 1 aliphatic carbocycles. The molecule has 0 bridgehead atoms. The topological polar surface area (TPSA) is 37.3 Å². The molecular weight excluding hydrogens is 253 g/mol. The molecule has 1 fully saturated rings. The van der Waals surface area contributed by atoms with Crippen LogP contribution in [0.2, 0.25) is 0 Å². The Morgan fingerprint density at radius 1 is 1.25 bits per heavy atom. The van der Waals surface area contributed by atoms with Crippen molar-refractivity contribution in [1.29, 1.82) is 0 Å². The Bertz CT molecular complexity index is 153. The van der Waals surface area contributed by atoms with Crippen LogP contribution in [0.1, 0.15) is 32.1 Å². The normalized spacial score (nSPS) is 23.2. The summed E-state index contributed by atoms with van der Waals surface area (Å²) in [6.07, 6.45) is 5.46. The van der Waals surface area contributed by atoms with Gasteiger partial charge in [-0.2, -0.15) is 0 Å². The van der Waals surface area contributed by atoms with E-state index in [2.05, 4.69) is 0 Å². The Hall–Kier alpha value is 2.07. The van der Waals surface area contributed by atoms with Crippen LogP contribution in [0.3, 0.4) is 0 Å². The Kier molecular flexibility index (Phi) is 10.1. The molecule has 1 N–H and O–H groups in total. The Morgan fingerprint density at radius 2 is 1.67 bits per heavy atom. The smallest absolute Gasteiger partial charge is 0 e. The quantitative estimate of drug-likeness (QED) is 0.576. The van der Waals surface area contributed by atoms with E-state index < -0.39 is 7.37 Å². The fourth-order valence-corrected chi connectivity index (χ4v) is 2.88. The minimum absolute atomic E-state index is 0. The van der Waals surface area contributed by atoms with Crippen LogP contribution in [0.5, 0.6) is 0 Å². The summed E-state index contributed by atoms with van der Waals surface area (Å²) in [5, 5.41) is 0. The average Bonchev–Trinajstić information content (AvgIpc) is 1.88. The van der Waals surface area contributed by atoms with Gasteiger partial charge in [0.1, 0.15) is 0 Å². The maximum atomic E-state index is 11.1. The summed E-state index contributed by atoms with van der Waals surface area (Å²) < 4.78 is 11.1. The Labute approximate surface area is 117 Å². The molecule has 1 rings (SSSR count). The molecule has 0 spiro atoms. The van der Waals surface area contributed by atoms with E-state index in [-0.39, 0.29) is 62.9 Å². The van der Waals surface area contributed by atoms with Gasteiger partial charge in [0, 0.05) is 31.8 Å². The molecule has 0 aromatic rings. The van der Waals surface area contributed by atoms with Crippen molar-refractivity contribution >= 4 is 45.1 Å². The van der Waals surface area contributed by atoms with Crippen LogP contribution < -0.4 is 0 Å². The zero-order chi connectivity index (χ0) is 7.61. The van der Waals surface area contributed by atoms with Gasteiger partial charge >= 0.3 is 37.7 Å². The SMILES string of the molecule is CP(=O)(O)C1CCCCC1.[CaH2].[Zn]. The average molecular weight is 270 g/mol. The monoisotopic (exact) mass is 268 g/mol. The van der Waals surface area contributed by atoms with Gasteiger partial charge in [-0.1, -0.05) is 19.3 Å². The summed E-state index contributed by atoms with van der Waals surface area (Å²) in [6, 6.07) is 0. The maximum Gasteiger partial charge on any atom is 0 e. The molecule has 0 amide bonds. The van der Waals surface area contributed by atoms with Crippen molar-refractivity contribution < 1.29 is 28.9 Å². The van der Waals surface area contributed by atoms with Crippen LogP contribution in [0.25, 0.3) is 0 Å². The first kappa shape index (κ1) is 16.5. The molecule has 1 atom stereocenters. The minimum atomic E-state index is -2.74. The summed E-state index contributed by atoms with van der Waals surface area (Å²) in [5.74, 6) is 0. The predicted molar refractivity (Wildman–Crippen MR) is 51.2 cm³/mol. The zero-order valence-electron chi connectivity index (χ0n) is 7.12. The van der Waals surface area contributed by atoms with Gasteiger partial charge in [0.2, 0.25) is 7.37 Å². The zero-order valence-corrected chi connectivity index (χ0v) is 11.0. The van der Waals surface area contributed by atoms with Crippen molar-refractivity contribution in [3.8, 4) is 0 Å². The number of hydrogen-bond donors (Lipinski definition) is 1. The molecule has 0 aromatic heterocycles. The molecule has 12 heavy (non-hydrogen) atoms. The van der Waals surface area contributed by atoms with Crippen molar-refractivity contribution in [3.05, 3.63) is 0 Å². The third-order valence-corrected chi connectivity index (χ3v) is 4.12. The molecule has 5 heteroatoms. The van der Waals surface area contributed by atoms with E-state index in [1.54, 1.807) is 0 Å². The Balaban J connectivity index is 0. The van der Waals surface area contributed by atoms with Crippen molar-refractivity contribution in [1.82, 2.24) is 0 Å². The molecule has 0 aromatic carbocycles. The summed E-state index contributed by atoms with van der Waals surface area (Å²) >= 11 is 0. The van der Waals surface area contributed by atoms with Crippen LogP contribution >= 0.6 is 7.37 Å². The second kappa shape index (κ2) is 7.38. The standard InChI is InChI=1S/C7H15O2P.Ca.Zn.2H/c1-10(8,9)7-5-3-2-4-6-7;;;;/h7H,2-6H2,1H3,(H,8,9);;;;. The molecular formula is C7H17CaO2PZn. The molecule has 1 saturated carbocycles. The van der Waals surface area contributed by atoms with Crippen LogP contribution in [0.4, 0.5) is 0 Å². The van der Waals surface area contributed by atoms with Crippen molar-refractivity contribution in [2.45, 2.75) is 37.8 Å². The molecule has 1 unspecified atom stereocenters. The summed E-state index contributed by atoms with van der Waals surface area (Å²) in [6.45, 7) is 1.49. The van der Waals surface area contributed by atoms with Gasteiger partial charge in [-0.05, 0) is 12.8 Å². The molecule has 0 radical (unpaired) electrons. The summed E-state index contributed by atoms with van der Waals surface area (Å²) in [5.41, 5.74) is 0.112. The van der Waals surface area contributed by atoms with Gasteiger partial charge in [-0.15, -0.1) is 0 Å². The van der Waals surface area contributed by atoms with E-state index in [4.69, 9.17) is 0 Å². The molecule has 66 valence electrons. The molecule has 0 aliphatic heterocycles. The van der Waals surface area contributed by atoms with Crippen molar-refractivity contribution in [2.75, 3.05) is 6.66 Å². The van der Waals surface area contributed by atoms with Gasteiger partial charge in [0.15, 0.2) is 0 Å². The summed E-state index contributed by atoms with van der Waals surface area (Å²) in [4.78, 5) is 9.20. The van der Waals surface area contributed by atoms with E-state index in [1.807, 2.05) is 0 Å². The first-order valence-corrected chi connectivity index (χ1v) is 6.08. The largest absolute Gasteiger partial charge is 0 e. The van der Waals surface area contributed by atoms with Gasteiger partial charge < -0.3 is 4.89 Å². The fraction of sp³-hybridized carbons (Fsp3) is 1.00. The number of rotatable bonds is 1. The molecule has 2 nitrogen and oxygen atoms in total. The van der Waals surface area contributed by atoms with E-state index in [9.17, 15) is 9.46 Å². The Morgan fingerprint density at radius 3 is 1.92 bits per heavy atom. The van der Waals surface area contributed by atoms with Gasteiger partial charge in [0.05, 0.1) is 0 Å². The van der Waals surface area contributed by atoms with Crippen LogP contribution in [-0.2, 0) is 24.0 Å². The fourth-order valence-electron chi connectivity index (χ4n) is 1.56. The first-order valence-electron chi connectivity index (χ1n) is 3.90. The van der Waals surface area contributed by atoms with Crippen molar-refractivity contribution in [2.24, 2.45) is 0 Å². The van der Waals surface area contributed by atoms with E-state index in [1.165, 1.54) is 13.1 Å². The van der Waals surface area contributed by atoms with Crippen LogP contribution in [0, 0.1) is 0 Å². The van der Waals surface area contributed by atoms with Crippen LogP contribution in [-0.4, -0.2) is 55.0 Å². The van der Waals surface area contributed by atoms with E-state index >= 15 is 0 Å². The second-order valence-electron chi connectivity index (χ2n) is 3.24. The molecule has 0 heterocycles. The molecule has 1 aliphatic rings. The molecule has 0 saturated heterocycles. The second-order valence-corrected chi connectivity index (χ2v) is 5.85. The van der Waals surface area contributed by atoms with Gasteiger partial charge in [-0.3, -0.25) is 4.57 Å². The van der Waals surface area contributed by atoms with Crippen molar-refractivity contribution in [3.63, 3.8) is 0 Å². The minimum Gasteiger partial charge on any atom is 0 e. The third kappa shape index (κ3) is 5.73. The van der Waals surface area contributed by atoms with E-state index in [0.717, 1.165) is 25.7 Å². The number of hydrogen-bond acceptors (Lipinski definition) is 1. The first-order chi connectivity index (χ1) is 4.61. The predicted octanol–water partition coefficient (Wildman–Crippen LogP) is 1.30. The van der Waals surface area contributed by atoms with Crippen LogP contribution in [0.15, 0.2) is 0 Å².